The number of ether oxygens (including phenoxy) is 1. The summed E-state index contributed by atoms with van der Waals surface area (Å²) in [6.07, 6.45) is 13.3. The van der Waals surface area contributed by atoms with Gasteiger partial charge in [0.2, 0.25) is 0 Å². The molecule has 4 fully saturated rings. The second-order valence-corrected chi connectivity index (χ2v) is 15.7. The molecule has 8 rings (SSSR count). The number of rotatable bonds is 9. The molecule has 1 aromatic rings. The van der Waals surface area contributed by atoms with Crippen LogP contribution >= 0.6 is 0 Å². The van der Waals surface area contributed by atoms with Crippen LogP contribution in [0.2, 0.25) is 0 Å². The number of ketones is 1. The SMILES string of the molecule is C[C@]12CC[C@H]3[C@]4(C=C[C@@]5(C=C4C(=O)c4ccccc4)CC(O)CC[C@]35C)[C@@H]1CC[C@@]2(O)CN(C[C@H](O)CO)C[C@H]1CCCO1. The highest BCUT2D eigenvalue weighted by Crippen LogP contribution is 2.78. The van der Waals surface area contributed by atoms with Crippen molar-refractivity contribution in [2.24, 2.45) is 33.5 Å². The molecule has 0 aromatic heterocycles. The van der Waals surface area contributed by atoms with E-state index in [0.717, 1.165) is 57.1 Å². The fourth-order valence-corrected chi connectivity index (χ4v) is 11.3. The first-order valence-electron chi connectivity index (χ1n) is 17.1. The Morgan fingerprint density at radius 2 is 1.75 bits per heavy atom. The van der Waals surface area contributed by atoms with E-state index >= 15 is 0 Å². The average molecular weight is 606 g/mol. The van der Waals surface area contributed by atoms with Crippen LogP contribution in [-0.2, 0) is 4.74 Å². The molecular weight excluding hydrogens is 554 g/mol. The van der Waals surface area contributed by atoms with Crippen molar-refractivity contribution in [1.29, 1.82) is 0 Å². The normalized spacial score (nSPS) is 44.7. The highest BCUT2D eigenvalue weighted by atomic mass is 16.5. The number of carbonyl (C=O) groups excluding carboxylic acids is 1. The summed E-state index contributed by atoms with van der Waals surface area (Å²) < 4.78 is 5.95. The minimum atomic E-state index is -1.02. The van der Waals surface area contributed by atoms with Crippen LogP contribution in [0.3, 0.4) is 0 Å². The van der Waals surface area contributed by atoms with E-state index in [4.69, 9.17) is 4.74 Å². The van der Waals surface area contributed by atoms with Crippen molar-refractivity contribution in [2.75, 3.05) is 32.8 Å². The molecule has 1 unspecified atom stereocenters. The third kappa shape index (κ3) is 4.33. The Morgan fingerprint density at radius 3 is 2.48 bits per heavy atom. The molecule has 0 radical (unpaired) electrons. The van der Waals surface area contributed by atoms with Crippen LogP contribution in [0.5, 0.6) is 0 Å². The molecule has 240 valence electrons. The molecule has 3 saturated carbocycles. The number of Topliss-reactive ketones (excluding diaryl/α,β-unsaturated/α-hetero) is 1. The molecule has 2 bridgehead atoms. The summed E-state index contributed by atoms with van der Waals surface area (Å²) in [7, 11) is 0. The van der Waals surface area contributed by atoms with Crippen molar-refractivity contribution >= 4 is 5.78 Å². The van der Waals surface area contributed by atoms with Gasteiger partial charge in [-0.1, -0.05) is 62.4 Å². The second kappa shape index (κ2) is 10.9. The van der Waals surface area contributed by atoms with E-state index < -0.39 is 22.5 Å². The van der Waals surface area contributed by atoms with Crippen molar-refractivity contribution < 1.29 is 30.0 Å². The summed E-state index contributed by atoms with van der Waals surface area (Å²) in [5.41, 5.74) is -0.815. The van der Waals surface area contributed by atoms with Gasteiger partial charge in [-0.2, -0.15) is 0 Å². The van der Waals surface area contributed by atoms with Crippen molar-refractivity contribution in [3.63, 3.8) is 0 Å². The highest BCUT2D eigenvalue weighted by Gasteiger charge is 2.74. The second-order valence-electron chi connectivity index (χ2n) is 15.7. The smallest absolute Gasteiger partial charge is 0.189 e. The van der Waals surface area contributed by atoms with E-state index in [1.807, 2.05) is 30.3 Å². The Hall–Kier alpha value is -1.87. The van der Waals surface area contributed by atoms with Crippen LogP contribution in [0.1, 0.15) is 82.0 Å². The fourth-order valence-electron chi connectivity index (χ4n) is 11.3. The third-order valence-corrected chi connectivity index (χ3v) is 13.6. The predicted molar refractivity (Wildman–Crippen MR) is 168 cm³/mol. The number of benzene rings is 1. The van der Waals surface area contributed by atoms with Crippen molar-refractivity contribution in [1.82, 2.24) is 4.90 Å². The maximum absolute atomic E-state index is 14.6. The summed E-state index contributed by atoms with van der Waals surface area (Å²) in [4.78, 5) is 16.7. The van der Waals surface area contributed by atoms with Crippen LogP contribution in [0.4, 0.5) is 0 Å². The summed E-state index contributed by atoms with van der Waals surface area (Å²) in [6, 6.07) is 9.62. The standard InChI is InChI=1S/C37H51NO6/c1-33-13-10-26(40)19-35(33)16-17-37(29(20-35)32(42)25-7-4-3-5-8-25)30(33)11-14-34(2)31(37)12-15-36(34,43)24-38(21-27(41)23-39)22-28-9-6-18-44-28/h3-5,7-8,16-17,20,26-28,30-31,39-41,43H,6,9-15,18-19,21-24H2,1-2H3/t26?,27-,28+,30+,31+,33+,34-,35-,36+,37+/m0/s1. The Balaban J connectivity index is 1.29. The highest BCUT2D eigenvalue weighted by molar-refractivity contribution is 6.10. The Morgan fingerprint density at radius 1 is 1.02 bits per heavy atom. The van der Waals surface area contributed by atoms with E-state index in [1.54, 1.807) is 0 Å². The van der Waals surface area contributed by atoms with E-state index in [0.29, 0.717) is 31.5 Å². The first kappa shape index (κ1) is 30.8. The third-order valence-electron chi connectivity index (χ3n) is 13.6. The number of hydrogen-bond donors (Lipinski definition) is 4. The van der Waals surface area contributed by atoms with Crippen molar-refractivity contribution in [2.45, 2.75) is 95.5 Å². The molecule has 10 atom stereocenters. The van der Waals surface area contributed by atoms with Gasteiger partial charge in [0.05, 0.1) is 30.5 Å². The Bertz CT molecular complexity index is 1320. The lowest BCUT2D eigenvalue weighted by Gasteiger charge is -2.71. The number of allylic oxidation sites excluding steroid dienone is 4. The molecule has 4 N–H and O–H groups in total. The topological polar surface area (TPSA) is 110 Å². The first-order valence-corrected chi connectivity index (χ1v) is 17.1. The molecule has 44 heavy (non-hydrogen) atoms. The van der Waals surface area contributed by atoms with Crippen molar-refractivity contribution in [3.05, 3.63) is 59.7 Å². The molecule has 1 aliphatic heterocycles. The minimum Gasteiger partial charge on any atom is -0.394 e. The van der Waals surface area contributed by atoms with Gasteiger partial charge in [-0.05, 0) is 75.0 Å². The van der Waals surface area contributed by atoms with Gasteiger partial charge >= 0.3 is 0 Å². The van der Waals surface area contributed by atoms with Gasteiger partial charge < -0.3 is 25.2 Å². The molecule has 1 aromatic carbocycles. The summed E-state index contributed by atoms with van der Waals surface area (Å²) in [5.74, 6) is 0.398. The number of carbonyl (C=O) groups is 1. The van der Waals surface area contributed by atoms with Gasteiger partial charge in [0, 0.05) is 53.6 Å². The zero-order chi connectivity index (χ0) is 31.0. The average Bonchev–Trinajstić information content (AvgIpc) is 3.62. The molecule has 0 amide bonds. The van der Waals surface area contributed by atoms with E-state index in [1.165, 1.54) is 0 Å². The summed E-state index contributed by atoms with van der Waals surface area (Å²) in [5, 5.41) is 43.8. The molecule has 6 aliphatic carbocycles. The van der Waals surface area contributed by atoms with Gasteiger partial charge in [0.15, 0.2) is 5.78 Å². The monoisotopic (exact) mass is 605 g/mol. The maximum atomic E-state index is 14.6. The Kier molecular flexibility index (Phi) is 7.59. The number of aliphatic hydroxyl groups is 4. The summed E-state index contributed by atoms with van der Waals surface area (Å²) >= 11 is 0. The lowest BCUT2D eigenvalue weighted by molar-refractivity contribution is -0.177. The van der Waals surface area contributed by atoms with E-state index in [-0.39, 0.29) is 53.8 Å². The first-order chi connectivity index (χ1) is 21.0. The zero-order valence-corrected chi connectivity index (χ0v) is 26.5. The molecule has 1 saturated heterocycles. The number of aliphatic hydroxyl groups excluding tert-OH is 3. The van der Waals surface area contributed by atoms with Crippen molar-refractivity contribution in [3.8, 4) is 0 Å². The van der Waals surface area contributed by atoms with Gasteiger partial charge in [0.25, 0.3) is 0 Å². The van der Waals surface area contributed by atoms with E-state index in [2.05, 4.69) is 37.0 Å². The van der Waals surface area contributed by atoms with Gasteiger partial charge in [0.1, 0.15) is 0 Å². The van der Waals surface area contributed by atoms with Gasteiger partial charge in [-0.25, -0.2) is 0 Å². The number of nitrogens with zero attached hydrogens (tertiary/aromatic N) is 1. The molecule has 7 aliphatic rings. The minimum absolute atomic E-state index is 0.0659. The van der Waals surface area contributed by atoms with Crippen LogP contribution in [0.15, 0.2) is 54.1 Å². The van der Waals surface area contributed by atoms with E-state index in [9.17, 15) is 25.2 Å². The summed E-state index contributed by atoms with van der Waals surface area (Å²) in [6.45, 7) is 6.39. The number of hydrogen-bond acceptors (Lipinski definition) is 7. The molecule has 2 spiro atoms. The predicted octanol–water partition coefficient (Wildman–Crippen LogP) is 4.29. The lowest BCUT2D eigenvalue weighted by Crippen LogP contribution is -2.67. The van der Waals surface area contributed by atoms with Gasteiger partial charge in [-0.3, -0.25) is 9.69 Å². The van der Waals surface area contributed by atoms with Crippen LogP contribution in [-0.4, -0.2) is 87.9 Å². The fraction of sp³-hybridized carbons (Fsp3) is 0.703. The maximum Gasteiger partial charge on any atom is 0.189 e. The quantitative estimate of drug-likeness (QED) is 0.246. The lowest BCUT2D eigenvalue weighted by atomic mass is 9.32. The molecule has 7 heteroatoms. The number of fused-ring (bicyclic) bond motifs is 1. The largest absolute Gasteiger partial charge is 0.394 e. The molecule has 1 heterocycles. The van der Waals surface area contributed by atoms with Gasteiger partial charge in [-0.15, -0.1) is 0 Å². The zero-order valence-electron chi connectivity index (χ0n) is 26.5. The molecule has 7 nitrogen and oxygen atoms in total. The van der Waals surface area contributed by atoms with Crippen LogP contribution < -0.4 is 0 Å². The van der Waals surface area contributed by atoms with Crippen LogP contribution in [0, 0.1) is 33.5 Å². The Labute approximate surface area is 262 Å². The van der Waals surface area contributed by atoms with Crippen LogP contribution in [0.25, 0.3) is 0 Å². The molecular formula is C37H51NO6.